The van der Waals surface area contributed by atoms with Gasteiger partial charge in [-0.25, -0.2) is 0 Å². The maximum Gasteiger partial charge on any atom is 0.306 e. The second-order valence-electron chi connectivity index (χ2n) is 4.38. The van der Waals surface area contributed by atoms with E-state index in [0.717, 1.165) is 6.54 Å². The van der Waals surface area contributed by atoms with E-state index in [2.05, 4.69) is 0 Å². The van der Waals surface area contributed by atoms with Gasteiger partial charge in [-0.1, -0.05) is 6.42 Å². The number of hydrogen-bond donors (Lipinski definition) is 0. The molecule has 1 aliphatic rings. The molecule has 1 rings (SSSR count). The average Bonchev–Trinajstić information content (AvgIpc) is 2.20. The molecule has 0 radical (unpaired) electrons. The summed E-state index contributed by atoms with van der Waals surface area (Å²) in [5, 5.41) is 0. The van der Waals surface area contributed by atoms with Crippen LogP contribution in [0.4, 0.5) is 0 Å². The predicted octanol–water partition coefficient (Wildman–Crippen LogP) is 1.59. The Kier molecular flexibility index (Phi) is 5.29. The Hall–Kier alpha value is -1.06. The molecular formula is C12H21NO3. The van der Waals surface area contributed by atoms with Gasteiger partial charge in [0.05, 0.1) is 13.0 Å². The first-order valence-corrected chi connectivity index (χ1v) is 6.03. The van der Waals surface area contributed by atoms with Crippen molar-refractivity contribution in [1.82, 2.24) is 4.90 Å². The highest BCUT2D eigenvalue weighted by Gasteiger charge is 2.21. The first-order valence-electron chi connectivity index (χ1n) is 6.03. The highest BCUT2D eigenvalue weighted by atomic mass is 16.5. The Morgan fingerprint density at radius 2 is 2.00 bits per heavy atom. The molecule has 0 bridgehead atoms. The average molecular weight is 227 g/mol. The molecule has 1 amide bonds. The molecular weight excluding hydrogens is 206 g/mol. The van der Waals surface area contributed by atoms with Gasteiger partial charge in [-0.3, -0.25) is 9.59 Å². The van der Waals surface area contributed by atoms with Crippen molar-refractivity contribution in [2.24, 2.45) is 5.92 Å². The second kappa shape index (κ2) is 6.51. The molecule has 16 heavy (non-hydrogen) atoms. The fraction of sp³-hybridized carbons (Fsp3) is 0.833. The molecule has 4 heteroatoms. The Bertz CT molecular complexity index is 249. The molecule has 0 N–H and O–H groups in total. The van der Waals surface area contributed by atoms with Crippen LogP contribution in [0.15, 0.2) is 0 Å². The van der Waals surface area contributed by atoms with Crippen LogP contribution < -0.4 is 0 Å². The number of esters is 1. The van der Waals surface area contributed by atoms with Gasteiger partial charge in [-0.2, -0.15) is 0 Å². The summed E-state index contributed by atoms with van der Waals surface area (Å²) in [5.41, 5.74) is 0. The van der Waals surface area contributed by atoms with E-state index in [1.807, 2.05) is 7.05 Å². The van der Waals surface area contributed by atoms with Gasteiger partial charge in [-0.05, 0) is 25.7 Å². The summed E-state index contributed by atoms with van der Waals surface area (Å²) in [6.07, 6.45) is 4.21. The second-order valence-corrected chi connectivity index (χ2v) is 4.38. The number of carbonyl (C=O) groups excluding carboxylic acids is 2. The third-order valence-electron chi connectivity index (χ3n) is 3.03. The Morgan fingerprint density at radius 3 is 2.50 bits per heavy atom. The number of carbonyl (C=O) groups is 2. The number of rotatable bonds is 6. The van der Waals surface area contributed by atoms with Gasteiger partial charge in [-0.15, -0.1) is 0 Å². The summed E-state index contributed by atoms with van der Waals surface area (Å²) < 4.78 is 4.78. The van der Waals surface area contributed by atoms with E-state index >= 15 is 0 Å². The van der Waals surface area contributed by atoms with Crippen molar-refractivity contribution in [3.8, 4) is 0 Å². The van der Waals surface area contributed by atoms with Gasteiger partial charge in [0.25, 0.3) is 0 Å². The third kappa shape index (κ3) is 4.21. The van der Waals surface area contributed by atoms with Crippen LogP contribution in [0.2, 0.25) is 0 Å². The zero-order valence-corrected chi connectivity index (χ0v) is 10.2. The normalized spacial score (nSPS) is 15.4. The number of ether oxygens (including phenoxy) is 1. The van der Waals surface area contributed by atoms with Crippen molar-refractivity contribution in [2.45, 2.75) is 39.0 Å². The SMILES string of the molecule is CCOC(=O)CCC(=O)N(C)CC1CCC1. The fourth-order valence-electron chi connectivity index (χ4n) is 1.80. The van der Waals surface area contributed by atoms with Crippen LogP contribution in [-0.4, -0.2) is 37.0 Å². The molecule has 92 valence electrons. The minimum absolute atomic E-state index is 0.0416. The molecule has 0 spiro atoms. The summed E-state index contributed by atoms with van der Waals surface area (Å²) in [5.74, 6) is 0.435. The largest absolute Gasteiger partial charge is 0.466 e. The van der Waals surface area contributed by atoms with Gasteiger partial charge >= 0.3 is 5.97 Å². The van der Waals surface area contributed by atoms with E-state index in [9.17, 15) is 9.59 Å². The van der Waals surface area contributed by atoms with Gasteiger partial charge < -0.3 is 9.64 Å². The number of hydrogen-bond acceptors (Lipinski definition) is 3. The van der Waals surface area contributed by atoms with Crippen LogP contribution in [0.3, 0.4) is 0 Å². The molecule has 0 heterocycles. The fourth-order valence-corrected chi connectivity index (χ4v) is 1.80. The van der Waals surface area contributed by atoms with E-state index in [0.29, 0.717) is 12.5 Å². The van der Waals surface area contributed by atoms with Gasteiger partial charge in [0, 0.05) is 20.0 Å². The van der Waals surface area contributed by atoms with E-state index in [-0.39, 0.29) is 24.7 Å². The zero-order chi connectivity index (χ0) is 12.0. The highest BCUT2D eigenvalue weighted by molar-refractivity contribution is 5.81. The van der Waals surface area contributed by atoms with Crippen LogP contribution in [0, 0.1) is 5.92 Å². The minimum atomic E-state index is -0.284. The Balaban J connectivity index is 2.15. The van der Waals surface area contributed by atoms with Crippen molar-refractivity contribution in [1.29, 1.82) is 0 Å². The van der Waals surface area contributed by atoms with Crippen LogP contribution in [-0.2, 0) is 14.3 Å². The van der Waals surface area contributed by atoms with Crippen molar-refractivity contribution < 1.29 is 14.3 Å². The molecule has 1 aliphatic carbocycles. The van der Waals surface area contributed by atoms with E-state index < -0.39 is 0 Å². The lowest BCUT2D eigenvalue weighted by atomic mass is 9.85. The molecule has 4 nitrogen and oxygen atoms in total. The van der Waals surface area contributed by atoms with Gasteiger partial charge in [0.2, 0.25) is 5.91 Å². The summed E-state index contributed by atoms with van der Waals surface area (Å²) in [4.78, 5) is 24.5. The minimum Gasteiger partial charge on any atom is -0.466 e. The molecule has 0 aliphatic heterocycles. The van der Waals surface area contributed by atoms with Crippen molar-refractivity contribution in [2.75, 3.05) is 20.2 Å². The molecule has 0 aromatic heterocycles. The molecule has 0 atom stereocenters. The molecule has 0 aromatic carbocycles. The van der Waals surface area contributed by atoms with E-state index in [1.165, 1.54) is 19.3 Å². The highest BCUT2D eigenvalue weighted by Crippen LogP contribution is 2.26. The summed E-state index contributed by atoms with van der Waals surface area (Å²) in [6.45, 7) is 2.98. The zero-order valence-electron chi connectivity index (χ0n) is 10.2. The predicted molar refractivity (Wildman–Crippen MR) is 60.8 cm³/mol. The van der Waals surface area contributed by atoms with Gasteiger partial charge in [0.15, 0.2) is 0 Å². The van der Waals surface area contributed by atoms with Gasteiger partial charge in [0.1, 0.15) is 0 Å². The standard InChI is InChI=1S/C12H21NO3/c1-3-16-12(15)8-7-11(14)13(2)9-10-5-4-6-10/h10H,3-9H2,1-2H3. The summed E-state index contributed by atoms with van der Waals surface area (Å²) in [6, 6.07) is 0. The molecule has 1 fully saturated rings. The smallest absolute Gasteiger partial charge is 0.306 e. The van der Waals surface area contributed by atoms with Crippen molar-refractivity contribution in [3.05, 3.63) is 0 Å². The lowest BCUT2D eigenvalue weighted by Crippen LogP contribution is -2.34. The monoisotopic (exact) mass is 227 g/mol. The van der Waals surface area contributed by atoms with E-state index in [1.54, 1.807) is 11.8 Å². The lowest BCUT2D eigenvalue weighted by molar-refractivity contribution is -0.145. The Morgan fingerprint density at radius 1 is 1.31 bits per heavy atom. The number of amides is 1. The van der Waals surface area contributed by atoms with Crippen molar-refractivity contribution in [3.63, 3.8) is 0 Å². The maximum absolute atomic E-state index is 11.6. The quantitative estimate of drug-likeness (QED) is 0.647. The molecule has 0 unspecified atom stereocenters. The summed E-state index contributed by atoms with van der Waals surface area (Å²) in [7, 11) is 1.81. The van der Waals surface area contributed by atoms with Crippen molar-refractivity contribution >= 4 is 11.9 Å². The third-order valence-corrected chi connectivity index (χ3v) is 3.03. The molecule has 0 saturated heterocycles. The van der Waals surface area contributed by atoms with E-state index in [4.69, 9.17) is 4.74 Å². The number of nitrogens with zero attached hydrogens (tertiary/aromatic N) is 1. The lowest BCUT2D eigenvalue weighted by Gasteiger charge is -2.30. The van der Waals surface area contributed by atoms with Crippen LogP contribution in [0.5, 0.6) is 0 Å². The molecule has 0 aromatic rings. The van der Waals surface area contributed by atoms with Crippen LogP contribution in [0.1, 0.15) is 39.0 Å². The van der Waals surface area contributed by atoms with Crippen LogP contribution in [0.25, 0.3) is 0 Å². The Labute approximate surface area is 96.9 Å². The first kappa shape index (κ1) is 13.0. The van der Waals surface area contributed by atoms with Crippen LogP contribution >= 0.6 is 0 Å². The topological polar surface area (TPSA) is 46.6 Å². The maximum atomic E-state index is 11.6. The first-order chi connectivity index (χ1) is 7.63. The summed E-state index contributed by atoms with van der Waals surface area (Å²) >= 11 is 0. The molecule has 1 saturated carbocycles.